The first kappa shape index (κ1) is 18.8. The molecule has 0 spiro atoms. The van der Waals surface area contributed by atoms with Crippen molar-refractivity contribution in [3.63, 3.8) is 0 Å². The molecule has 0 saturated carbocycles. The van der Waals surface area contributed by atoms with Crippen LogP contribution in [-0.4, -0.2) is 11.1 Å². The fourth-order valence-electron chi connectivity index (χ4n) is 2.78. The van der Waals surface area contributed by atoms with E-state index in [9.17, 15) is 13.6 Å². The van der Waals surface area contributed by atoms with Crippen LogP contribution in [0.1, 0.15) is 5.56 Å². The lowest BCUT2D eigenvalue weighted by Crippen LogP contribution is -2.16. The first-order valence-electron chi connectivity index (χ1n) is 8.54. The van der Waals surface area contributed by atoms with Gasteiger partial charge in [0.2, 0.25) is 0 Å². The number of amides is 1. The van der Waals surface area contributed by atoms with E-state index in [0.717, 1.165) is 4.70 Å². The van der Waals surface area contributed by atoms with Gasteiger partial charge in [0, 0.05) is 0 Å². The molecule has 146 valence electrons. The number of para-hydroxylation sites is 1. The van der Waals surface area contributed by atoms with Gasteiger partial charge in [-0.2, -0.15) is 0 Å². The molecule has 1 aromatic heterocycles. The second-order valence-corrected chi connectivity index (χ2v) is 7.09. The van der Waals surface area contributed by atoms with E-state index in [1.165, 1.54) is 29.5 Å². The molecule has 0 bridgehead atoms. The lowest BCUT2D eigenvalue weighted by atomic mass is 10.2. The van der Waals surface area contributed by atoms with Gasteiger partial charge in [0.25, 0.3) is 0 Å². The quantitative estimate of drug-likeness (QED) is 0.484. The molecule has 1 heterocycles. The van der Waals surface area contributed by atoms with E-state index in [1.54, 1.807) is 42.5 Å². The zero-order valence-corrected chi connectivity index (χ0v) is 15.7. The van der Waals surface area contributed by atoms with Crippen molar-refractivity contribution in [2.24, 2.45) is 5.73 Å². The Morgan fingerprint density at radius 2 is 1.79 bits per heavy atom. The second kappa shape index (κ2) is 7.84. The first-order chi connectivity index (χ1) is 14.0. The summed E-state index contributed by atoms with van der Waals surface area (Å²) >= 11 is 1.36. The molecule has 0 aliphatic rings. The highest BCUT2D eigenvalue weighted by molar-refractivity contribution is 7.21. The Kier molecular flexibility index (Phi) is 5.09. The molecule has 0 aliphatic carbocycles. The number of halogens is 2. The van der Waals surface area contributed by atoms with Gasteiger partial charge in [-0.3, -0.25) is 0 Å². The summed E-state index contributed by atoms with van der Waals surface area (Å²) in [4.78, 5) is 15.7. The van der Waals surface area contributed by atoms with Gasteiger partial charge in [0.05, 0.1) is 21.3 Å². The van der Waals surface area contributed by atoms with Crippen LogP contribution in [-0.2, 0) is 6.61 Å². The smallest absolute Gasteiger partial charge is 0.409 e. The maximum Gasteiger partial charge on any atom is 0.409 e. The molecule has 0 fully saturated rings. The van der Waals surface area contributed by atoms with Crippen LogP contribution in [0.5, 0.6) is 11.5 Å². The minimum absolute atomic E-state index is 0.130. The third-order valence-electron chi connectivity index (χ3n) is 4.13. The number of nitrogens with two attached hydrogens (primary N) is 1. The molecule has 0 radical (unpaired) electrons. The lowest BCUT2D eigenvalue weighted by Gasteiger charge is -2.08. The van der Waals surface area contributed by atoms with Crippen molar-refractivity contribution < 1.29 is 23.0 Å². The topological polar surface area (TPSA) is 74.4 Å². The molecule has 8 heteroatoms. The van der Waals surface area contributed by atoms with E-state index in [-0.39, 0.29) is 12.2 Å². The highest BCUT2D eigenvalue weighted by Crippen LogP contribution is 2.37. The van der Waals surface area contributed by atoms with Gasteiger partial charge >= 0.3 is 6.09 Å². The number of aromatic nitrogens is 1. The molecule has 0 atom stereocenters. The van der Waals surface area contributed by atoms with E-state index in [4.69, 9.17) is 15.2 Å². The fraction of sp³-hybridized carbons (Fsp3) is 0.0476. The van der Waals surface area contributed by atoms with Crippen LogP contribution >= 0.6 is 11.3 Å². The molecule has 0 aliphatic heterocycles. The van der Waals surface area contributed by atoms with Gasteiger partial charge in [-0.1, -0.05) is 18.2 Å². The van der Waals surface area contributed by atoms with E-state index in [2.05, 4.69) is 4.98 Å². The molecule has 1 amide bonds. The number of carbonyl (C=O) groups is 1. The van der Waals surface area contributed by atoms with Crippen LogP contribution < -0.4 is 15.2 Å². The minimum atomic E-state index is -0.908. The lowest BCUT2D eigenvalue weighted by molar-refractivity contribution is 0.211. The number of benzene rings is 3. The SMILES string of the molecule is NC(=O)Oc1ccccc1-c1nc2ccc(OCc3c(F)cccc3F)cc2s1. The predicted octanol–water partition coefficient (Wildman–Crippen LogP) is 5.28. The summed E-state index contributed by atoms with van der Waals surface area (Å²) in [5, 5.41) is 0.633. The maximum atomic E-state index is 13.8. The number of rotatable bonds is 5. The van der Waals surface area contributed by atoms with Crippen molar-refractivity contribution in [1.82, 2.24) is 4.98 Å². The molecular weight excluding hydrogens is 398 g/mol. The Morgan fingerprint density at radius 1 is 1.03 bits per heavy atom. The molecule has 2 N–H and O–H groups in total. The average Bonchev–Trinajstić information content (AvgIpc) is 3.11. The van der Waals surface area contributed by atoms with Gasteiger partial charge in [-0.15, -0.1) is 11.3 Å². The standard InChI is InChI=1S/C21H14F2N2O3S/c22-15-5-3-6-16(23)14(15)11-27-12-8-9-17-19(10-12)29-20(25-17)13-4-1-2-7-18(13)28-21(24)26/h1-10H,11H2,(H2,24,26). The maximum absolute atomic E-state index is 13.8. The summed E-state index contributed by atoms with van der Waals surface area (Å²) in [6.07, 6.45) is -0.908. The zero-order chi connectivity index (χ0) is 20.4. The van der Waals surface area contributed by atoms with Crippen LogP contribution in [0.25, 0.3) is 20.8 Å². The summed E-state index contributed by atoms with van der Waals surface area (Å²) in [7, 11) is 0. The Balaban J connectivity index is 1.61. The molecule has 4 aromatic rings. The third-order valence-corrected chi connectivity index (χ3v) is 5.18. The molecule has 5 nitrogen and oxygen atoms in total. The van der Waals surface area contributed by atoms with Crippen molar-refractivity contribution >= 4 is 27.6 Å². The summed E-state index contributed by atoms with van der Waals surface area (Å²) in [6.45, 7) is -0.231. The number of hydrogen-bond donors (Lipinski definition) is 1. The number of hydrogen-bond acceptors (Lipinski definition) is 5. The van der Waals surface area contributed by atoms with Crippen LogP contribution in [0, 0.1) is 11.6 Å². The third kappa shape index (κ3) is 4.02. The Labute approximate surface area is 168 Å². The van der Waals surface area contributed by atoms with Crippen molar-refractivity contribution in [1.29, 1.82) is 0 Å². The number of fused-ring (bicyclic) bond motifs is 1. The van der Waals surface area contributed by atoms with E-state index < -0.39 is 17.7 Å². The second-order valence-electron chi connectivity index (χ2n) is 6.05. The molecule has 4 rings (SSSR count). The van der Waals surface area contributed by atoms with Gasteiger partial charge in [-0.25, -0.2) is 18.6 Å². The van der Waals surface area contributed by atoms with Gasteiger partial charge in [-0.05, 0) is 42.5 Å². The van der Waals surface area contributed by atoms with Crippen LogP contribution in [0.2, 0.25) is 0 Å². The summed E-state index contributed by atoms with van der Waals surface area (Å²) in [6, 6.07) is 15.8. The summed E-state index contributed by atoms with van der Waals surface area (Å²) < 4.78 is 38.9. The normalized spacial score (nSPS) is 10.8. The van der Waals surface area contributed by atoms with Gasteiger partial charge in [0.1, 0.15) is 34.7 Å². The molecule has 0 unspecified atom stereocenters. The molecular formula is C21H14F2N2O3S. The van der Waals surface area contributed by atoms with E-state index >= 15 is 0 Å². The fourth-order valence-corrected chi connectivity index (χ4v) is 3.80. The van der Waals surface area contributed by atoms with Crippen molar-refractivity contribution in [2.45, 2.75) is 6.61 Å². The van der Waals surface area contributed by atoms with Crippen LogP contribution in [0.3, 0.4) is 0 Å². The number of nitrogens with zero attached hydrogens (tertiary/aromatic N) is 1. The minimum Gasteiger partial charge on any atom is -0.489 e. The highest BCUT2D eigenvalue weighted by Gasteiger charge is 2.14. The van der Waals surface area contributed by atoms with E-state index in [1.807, 2.05) is 0 Å². The Morgan fingerprint density at radius 3 is 2.55 bits per heavy atom. The highest BCUT2D eigenvalue weighted by atomic mass is 32.1. The number of primary amides is 1. The zero-order valence-electron chi connectivity index (χ0n) is 14.9. The van der Waals surface area contributed by atoms with Gasteiger partial charge in [0.15, 0.2) is 0 Å². The molecule has 0 saturated heterocycles. The first-order valence-corrected chi connectivity index (χ1v) is 9.36. The van der Waals surface area contributed by atoms with E-state index in [0.29, 0.717) is 27.6 Å². The summed E-state index contributed by atoms with van der Waals surface area (Å²) in [5.41, 5.74) is 6.33. The summed E-state index contributed by atoms with van der Waals surface area (Å²) in [5.74, 6) is -0.544. The largest absolute Gasteiger partial charge is 0.489 e. The molecule has 3 aromatic carbocycles. The van der Waals surface area contributed by atoms with Crippen molar-refractivity contribution in [3.05, 3.63) is 77.9 Å². The Bertz CT molecular complexity index is 1190. The number of carbonyl (C=O) groups excluding carboxylic acids is 1. The predicted molar refractivity (Wildman–Crippen MR) is 106 cm³/mol. The van der Waals surface area contributed by atoms with Crippen LogP contribution in [0.15, 0.2) is 60.7 Å². The van der Waals surface area contributed by atoms with Crippen molar-refractivity contribution in [2.75, 3.05) is 0 Å². The molecule has 29 heavy (non-hydrogen) atoms. The monoisotopic (exact) mass is 412 g/mol. The number of ether oxygens (including phenoxy) is 2. The average molecular weight is 412 g/mol. The van der Waals surface area contributed by atoms with Gasteiger partial charge < -0.3 is 15.2 Å². The number of thiazole rings is 1. The van der Waals surface area contributed by atoms with Crippen molar-refractivity contribution in [3.8, 4) is 22.1 Å². The Hall–Kier alpha value is -3.52. The van der Waals surface area contributed by atoms with Crippen LogP contribution in [0.4, 0.5) is 13.6 Å².